The number of benzene rings is 2. The van der Waals surface area contributed by atoms with Crippen LogP contribution < -0.4 is 10.2 Å². The monoisotopic (exact) mass is 333 g/mol. The Morgan fingerprint density at radius 2 is 1.80 bits per heavy atom. The lowest BCUT2D eigenvalue weighted by atomic mass is 10.1. The molecule has 0 saturated heterocycles. The van der Waals surface area contributed by atoms with Crippen molar-refractivity contribution in [2.24, 2.45) is 0 Å². The number of anilines is 3. The van der Waals surface area contributed by atoms with Gasteiger partial charge in [-0.3, -0.25) is 0 Å². The van der Waals surface area contributed by atoms with E-state index in [2.05, 4.69) is 64.4 Å². The first-order valence-corrected chi connectivity index (χ1v) is 8.49. The van der Waals surface area contributed by atoms with Crippen LogP contribution in [0.2, 0.25) is 0 Å². The predicted molar refractivity (Wildman–Crippen MR) is 102 cm³/mol. The van der Waals surface area contributed by atoms with Gasteiger partial charge in [-0.1, -0.05) is 42.5 Å². The molecule has 2 aromatic carbocycles. The molecule has 0 aliphatic carbocycles. The van der Waals surface area contributed by atoms with Gasteiger partial charge in [0.2, 0.25) is 5.95 Å². The molecule has 5 nitrogen and oxygen atoms in total. The summed E-state index contributed by atoms with van der Waals surface area (Å²) in [5, 5.41) is 11.7. The maximum absolute atomic E-state index is 4.65. The zero-order valence-electron chi connectivity index (χ0n) is 14.9. The maximum atomic E-state index is 4.65. The van der Waals surface area contributed by atoms with E-state index in [0.717, 1.165) is 18.8 Å². The fourth-order valence-electron chi connectivity index (χ4n) is 2.64. The van der Waals surface area contributed by atoms with Gasteiger partial charge in [0, 0.05) is 18.8 Å². The second-order valence-corrected chi connectivity index (χ2v) is 6.01. The molecule has 3 aromatic rings. The van der Waals surface area contributed by atoms with Gasteiger partial charge in [-0.25, -0.2) is 0 Å². The molecule has 0 unspecified atom stereocenters. The van der Waals surface area contributed by atoms with Crippen molar-refractivity contribution in [2.45, 2.75) is 27.3 Å². The van der Waals surface area contributed by atoms with Crippen LogP contribution in [0.15, 0.2) is 54.7 Å². The Balaban J connectivity index is 1.81. The van der Waals surface area contributed by atoms with Crippen LogP contribution >= 0.6 is 0 Å². The van der Waals surface area contributed by atoms with E-state index in [1.54, 1.807) is 6.20 Å². The van der Waals surface area contributed by atoms with Crippen LogP contribution in [0, 0.1) is 13.8 Å². The SMILES string of the molecule is CCN(Cc1ccccc1)c1nncc(Nc2cccc(C)c2C)n1. The van der Waals surface area contributed by atoms with Crippen LogP contribution in [0.1, 0.15) is 23.6 Å². The summed E-state index contributed by atoms with van der Waals surface area (Å²) in [6, 6.07) is 16.5. The standard InChI is InChI=1S/C20H23N5/c1-4-25(14-17-10-6-5-7-11-17)20-23-19(13-21-24-20)22-18-12-8-9-15(2)16(18)3/h5-13H,4,14H2,1-3H3,(H,22,23,24). The van der Waals surface area contributed by atoms with Crippen molar-refractivity contribution in [3.8, 4) is 0 Å². The molecule has 1 N–H and O–H groups in total. The van der Waals surface area contributed by atoms with E-state index < -0.39 is 0 Å². The summed E-state index contributed by atoms with van der Waals surface area (Å²) in [5.41, 5.74) is 4.71. The molecule has 0 amide bonds. The van der Waals surface area contributed by atoms with Crippen molar-refractivity contribution < 1.29 is 0 Å². The number of aryl methyl sites for hydroxylation is 1. The molecule has 0 aliphatic heterocycles. The topological polar surface area (TPSA) is 53.9 Å². The summed E-state index contributed by atoms with van der Waals surface area (Å²) < 4.78 is 0. The van der Waals surface area contributed by atoms with Crippen molar-refractivity contribution in [3.05, 3.63) is 71.4 Å². The molecule has 0 saturated carbocycles. The Morgan fingerprint density at radius 3 is 2.56 bits per heavy atom. The van der Waals surface area contributed by atoms with E-state index in [9.17, 15) is 0 Å². The van der Waals surface area contributed by atoms with Gasteiger partial charge in [-0.15, -0.1) is 5.10 Å². The van der Waals surface area contributed by atoms with E-state index in [1.165, 1.54) is 16.7 Å². The first-order chi connectivity index (χ1) is 12.2. The molecule has 1 aromatic heterocycles. The van der Waals surface area contributed by atoms with E-state index in [0.29, 0.717) is 11.8 Å². The number of nitrogens with zero attached hydrogens (tertiary/aromatic N) is 4. The van der Waals surface area contributed by atoms with Crippen molar-refractivity contribution >= 4 is 17.5 Å². The van der Waals surface area contributed by atoms with Gasteiger partial charge in [-0.2, -0.15) is 10.1 Å². The van der Waals surface area contributed by atoms with Crippen LogP contribution in [0.3, 0.4) is 0 Å². The van der Waals surface area contributed by atoms with Crippen LogP contribution in [0.25, 0.3) is 0 Å². The van der Waals surface area contributed by atoms with Crippen molar-refractivity contribution in [1.82, 2.24) is 15.2 Å². The second kappa shape index (κ2) is 7.75. The minimum Gasteiger partial charge on any atom is -0.339 e. The number of hydrogen-bond donors (Lipinski definition) is 1. The zero-order chi connectivity index (χ0) is 17.6. The van der Waals surface area contributed by atoms with Crippen LogP contribution in [0.4, 0.5) is 17.5 Å². The normalized spacial score (nSPS) is 10.5. The van der Waals surface area contributed by atoms with Gasteiger partial charge in [0.15, 0.2) is 5.82 Å². The minimum atomic E-state index is 0.627. The molecule has 25 heavy (non-hydrogen) atoms. The van der Waals surface area contributed by atoms with Crippen molar-refractivity contribution in [3.63, 3.8) is 0 Å². The molecule has 0 fully saturated rings. The molecule has 1 heterocycles. The molecular weight excluding hydrogens is 310 g/mol. The zero-order valence-corrected chi connectivity index (χ0v) is 14.9. The molecule has 0 radical (unpaired) electrons. The lowest BCUT2D eigenvalue weighted by Gasteiger charge is -2.21. The second-order valence-electron chi connectivity index (χ2n) is 6.01. The smallest absolute Gasteiger partial charge is 0.247 e. The molecule has 0 bridgehead atoms. The largest absolute Gasteiger partial charge is 0.339 e. The number of hydrogen-bond acceptors (Lipinski definition) is 5. The lowest BCUT2D eigenvalue weighted by molar-refractivity contribution is 0.771. The highest BCUT2D eigenvalue weighted by Gasteiger charge is 2.11. The Labute approximate surface area is 148 Å². The highest BCUT2D eigenvalue weighted by molar-refractivity contribution is 5.62. The molecule has 5 heteroatoms. The molecule has 0 aliphatic rings. The number of aromatic nitrogens is 3. The van der Waals surface area contributed by atoms with Crippen LogP contribution in [-0.2, 0) is 6.54 Å². The van der Waals surface area contributed by atoms with Crippen molar-refractivity contribution in [1.29, 1.82) is 0 Å². The number of nitrogens with one attached hydrogen (secondary N) is 1. The quantitative estimate of drug-likeness (QED) is 0.730. The van der Waals surface area contributed by atoms with Gasteiger partial charge in [0.25, 0.3) is 0 Å². The average molecular weight is 333 g/mol. The third-order valence-electron chi connectivity index (χ3n) is 4.30. The predicted octanol–water partition coefficient (Wildman–Crippen LogP) is 4.26. The van der Waals surface area contributed by atoms with Gasteiger partial charge in [-0.05, 0) is 43.5 Å². The summed E-state index contributed by atoms with van der Waals surface area (Å²) in [4.78, 5) is 6.76. The first-order valence-electron chi connectivity index (χ1n) is 8.49. The van der Waals surface area contributed by atoms with Crippen molar-refractivity contribution in [2.75, 3.05) is 16.8 Å². The fraction of sp³-hybridized carbons (Fsp3) is 0.250. The Bertz CT molecular complexity index is 832. The highest BCUT2D eigenvalue weighted by Crippen LogP contribution is 2.22. The lowest BCUT2D eigenvalue weighted by Crippen LogP contribution is -2.24. The Kier molecular flexibility index (Phi) is 5.23. The van der Waals surface area contributed by atoms with Crippen LogP contribution in [-0.4, -0.2) is 21.7 Å². The molecule has 128 valence electrons. The Morgan fingerprint density at radius 1 is 1.00 bits per heavy atom. The molecule has 0 atom stereocenters. The van der Waals surface area contributed by atoms with E-state index in [1.807, 2.05) is 30.3 Å². The molecule has 3 rings (SSSR count). The summed E-state index contributed by atoms with van der Waals surface area (Å²) in [7, 11) is 0. The van der Waals surface area contributed by atoms with Gasteiger partial charge in [0.05, 0.1) is 6.20 Å². The van der Waals surface area contributed by atoms with E-state index in [-0.39, 0.29) is 0 Å². The highest BCUT2D eigenvalue weighted by atomic mass is 15.3. The average Bonchev–Trinajstić information content (AvgIpc) is 2.64. The molecule has 0 spiro atoms. The van der Waals surface area contributed by atoms with Gasteiger partial charge >= 0.3 is 0 Å². The Hall–Kier alpha value is -2.95. The summed E-state index contributed by atoms with van der Waals surface area (Å²) in [6.45, 7) is 7.86. The summed E-state index contributed by atoms with van der Waals surface area (Å²) in [6.07, 6.45) is 1.65. The first kappa shape index (κ1) is 16.9. The van der Waals surface area contributed by atoms with Gasteiger partial charge in [0.1, 0.15) is 0 Å². The summed E-state index contributed by atoms with van der Waals surface area (Å²) >= 11 is 0. The van der Waals surface area contributed by atoms with E-state index >= 15 is 0 Å². The van der Waals surface area contributed by atoms with Crippen LogP contribution in [0.5, 0.6) is 0 Å². The number of rotatable bonds is 6. The summed E-state index contributed by atoms with van der Waals surface area (Å²) in [5.74, 6) is 1.33. The fourth-order valence-corrected chi connectivity index (χ4v) is 2.64. The molecular formula is C20H23N5. The third kappa shape index (κ3) is 4.12. The third-order valence-corrected chi connectivity index (χ3v) is 4.30. The maximum Gasteiger partial charge on any atom is 0.247 e. The van der Waals surface area contributed by atoms with E-state index in [4.69, 9.17) is 0 Å². The minimum absolute atomic E-state index is 0.627. The van der Waals surface area contributed by atoms with Gasteiger partial charge < -0.3 is 10.2 Å².